The lowest BCUT2D eigenvalue weighted by molar-refractivity contribution is 0.102. The van der Waals surface area contributed by atoms with Gasteiger partial charge in [0.1, 0.15) is 11.6 Å². The van der Waals surface area contributed by atoms with Gasteiger partial charge in [0.15, 0.2) is 0 Å². The first-order chi connectivity index (χ1) is 9.90. The number of amides is 1. The molecule has 0 aliphatic carbocycles. The maximum absolute atomic E-state index is 13.7. The fraction of sp³-hybridized carbons (Fsp3) is 0.133. The van der Waals surface area contributed by atoms with Crippen LogP contribution in [0.5, 0.6) is 0 Å². The largest absolute Gasteiger partial charge is 0.376 e. The van der Waals surface area contributed by atoms with Crippen molar-refractivity contribution < 1.29 is 13.6 Å². The predicted octanol–water partition coefficient (Wildman–Crippen LogP) is 3.94. The van der Waals surface area contributed by atoms with Crippen molar-refractivity contribution in [3.05, 3.63) is 58.6 Å². The Hall–Kier alpha value is -2.14. The Morgan fingerprint density at radius 3 is 2.52 bits per heavy atom. The second-order valence-corrected chi connectivity index (χ2v) is 5.01. The number of anilines is 2. The molecule has 0 aromatic heterocycles. The van der Waals surface area contributed by atoms with Crippen LogP contribution in [0, 0.1) is 11.6 Å². The van der Waals surface area contributed by atoms with Gasteiger partial charge >= 0.3 is 0 Å². The highest BCUT2D eigenvalue weighted by molar-refractivity contribution is 6.34. The second kappa shape index (κ2) is 6.10. The van der Waals surface area contributed by atoms with Gasteiger partial charge in [-0.2, -0.15) is 0 Å². The van der Waals surface area contributed by atoms with Gasteiger partial charge in [0, 0.05) is 14.1 Å². The van der Waals surface area contributed by atoms with Crippen molar-refractivity contribution in [2.45, 2.75) is 0 Å². The van der Waals surface area contributed by atoms with Crippen LogP contribution in [-0.4, -0.2) is 20.0 Å². The minimum Gasteiger partial charge on any atom is -0.376 e. The number of hydrogen-bond donors (Lipinski definition) is 1. The number of nitrogens with one attached hydrogen (secondary N) is 1. The fourth-order valence-corrected chi connectivity index (χ4v) is 2.15. The molecule has 21 heavy (non-hydrogen) atoms. The topological polar surface area (TPSA) is 32.3 Å². The molecule has 0 aliphatic heterocycles. The highest BCUT2D eigenvalue weighted by Crippen LogP contribution is 2.27. The van der Waals surface area contributed by atoms with Crippen LogP contribution in [0.2, 0.25) is 5.02 Å². The maximum atomic E-state index is 13.7. The zero-order chi connectivity index (χ0) is 15.6. The zero-order valence-electron chi connectivity index (χ0n) is 11.5. The molecule has 2 rings (SSSR count). The first kappa shape index (κ1) is 15.3. The molecular weight excluding hydrogens is 298 g/mol. The van der Waals surface area contributed by atoms with E-state index in [4.69, 9.17) is 11.6 Å². The lowest BCUT2D eigenvalue weighted by Crippen LogP contribution is -2.18. The molecule has 0 fully saturated rings. The van der Waals surface area contributed by atoms with Gasteiger partial charge in [0.05, 0.1) is 22.0 Å². The van der Waals surface area contributed by atoms with E-state index < -0.39 is 17.5 Å². The molecule has 0 unspecified atom stereocenters. The molecule has 0 aliphatic rings. The Bertz CT molecular complexity index is 669. The summed E-state index contributed by atoms with van der Waals surface area (Å²) in [5, 5.41) is 2.48. The summed E-state index contributed by atoms with van der Waals surface area (Å²) in [4.78, 5) is 13.9. The van der Waals surface area contributed by atoms with E-state index in [1.165, 1.54) is 30.3 Å². The van der Waals surface area contributed by atoms with Crippen molar-refractivity contribution in [2.24, 2.45) is 0 Å². The van der Waals surface area contributed by atoms with Crippen molar-refractivity contribution in [1.82, 2.24) is 0 Å². The molecule has 0 atom stereocenters. The monoisotopic (exact) mass is 310 g/mol. The van der Waals surface area contributed by atoms with E-state index in [1.807, 2.05) is 0 Å². The lowest BCUT2D eigenvalue weighted by atomic mass is 10.1. The second-order valence-electron chi connectivity index (χ2n) is 4.61. The smallest absolute Gasteiger partial charge is 0.260 e. The first-order valence-electron chi connectivity index (χ1n) is 6.12. The Kier molecular flexibility index (Phi) is 4.43. The molecule has 1 N–H and O–H groups in total. The number of carbonyl (C=O) groups is 1. The van der Waals surface area contributed by atoms with E-state index in [0.29, 0.717) is 5.69 Å². The molecule has 0 saturated heterocycles. The third-order valence-electron chi connectivity index (χ3n) is 2.88. The zero-order valence-corrected chi connectivity index (χ0v) is 12.2. The van der Waals surface area contributed by atoms with Crippen molar-refractivity contribution in [1.29, 1.82) is 0 Å². The van der Waals surface area contributed by atoms with Gasteiger partial charge in [0.25, 0.3) is 5.91 Å². The summed E-state index contributed by atoms with van der Waals surface area (Å²) in [5.41, 5.74) is 0.565. The minimum absolute atomic E-state index is 0.00435. The van der Waals surface area contributed by atoms with E-state index in [-0.39, 0.29) is 16.3 Å². The summed E-state index contributed by atoms with van der Waals surface area (Å²) in [6, 6.07) is 7.93. The summed E-state index contributed by atoms with van der Waals surface area (Å²) in [7, 11) is 3.50. The minimum atomic E-state index is -0.734. The van der Waals surface area contributed by atoms with Gasteiger partial charge in [0.2, 0.25) is 0 Å². The summed E-state index contributed by atoms with van der Waals surface area (Å²) < 4.78 is 27.1. The Morgan fingerprint density at radius 1 is 1.19 bits per heavy atom. The third kappa shape index (κ3) is 3.31. The van der Waals surface area contributed by atoms with Crippen LogP contribution in [0.25, 0.3) is 0 Å². The van der Waals surface area contributed by atoms with Gasteiger partial charge < -0.3 is 10.2 Å². The lowest BCUT2D eigenvalue weighted by Gasteiger charge is -2.18. The standard InChI is InChI=1S/C15H13ClF2N2O/c1-20(2)13-7-6-9(17)8-12(13)19-15(21)14-10(16)4-3-5-11(14)18/h3-8H,1-2H3,(H,19,21). The molecule has 110 valence electrons. The highest BCUT2D eigenvalue weighted by Gasteiger charge is 2.17. The van der Waals surface area contributed by atoms with Crippen LogP contribution >= 0.6 is 11.6 Å². The Labute approximate surface area is 126 Å². The molecule has 6 heteroatoms. The molecule has 0 bridgehead atoms. The molecule has 0 radical (unpaired) electrons. The van der Waals surface area contributed by atoms with Crippen LogP contribution in [0.15, 0.2) is 36.4 Å². The van der Waals surface area contributed by atoms with Crippen molar-refractivity contribution in [2.75, 3.05) is 24.3 Å². The van der Waals surface area contributed by atoms with Crippen molar-refractivity contribution in [3.63, 3.8) is 0 Å². The van der Waals surface area contributed by atoms with Crippen LogP contribution in [0.1, 0.15) is 10.4 Å². The van der Waals surface area contributed by atoms with E-state index in [1.54, 1.807) is 19.0 Å². The molecular formula is C15H13ClF2N2O. The van der Waals surface area contributed by atoms with E-state index in [2.05, 4.69) is 5.32 Å². The van der Waals surface area contributed by atoms with Gasteiger partial charge in [-0.15, -0.1) is 0 Å². The Morgan fingerprint density at radius 2 is 1.90 bits per heavy atom. The number of carbonyl (C=O) groups excluding carboxylic acids is 1. The van der Waals surface area contributed by atoms with Gasteiger partial charge in [-0.3, -0.25) is 4.79 Å². The van der Waals surface area contributed by atoms with Crippen LogP contribution < -0.4 is 10.2 Å². The molecule has 1 amide bonds. The van der Waals surface area contributed by atoms with Gasteiger partial charge in [-0.25, -0.2) is 8.78 Å². The van der Waals surface area contributed by atoms with Crippen LogP contribution in [0.3, 0.4) is 0 Å². The SMILES string of the molecule is CN(C)c1ccc(F)cc1NC(=O)c1c(F)cccc1Cl. The number of hydrogen-bond acceptors (Lipinski definition) is 2. The van der Waals surface area contributed by atoms with E-state index >= 15 is 0 Å². The first-order valence-corrected chi connectivity index (χ1v) is 6.50. The average molecular weight is 311 g/mol. The van der Waals surface area contributed by atoms with E-state index in [9.17, 15) is 13.6 Å². The van der Waals surface area contributed by atoms with Crippen molar-refractivity contribution in [3.8, 4) is 0 Å². The number of rotatable bonds is 3. The fourth-order valence-electron chi connectivity index (χ4n) is 1.90. The van der Waals surface area contributed by atoms with E-state index in [0.717, 1.165) is 6.07 Å². The average Bonchev–Trinajstić information content (AvgIpc) is 2.38. The molecule has 2 aromatic rings. The van der Waals surface area contributed by atoms with Crippen molar-refractivity contribution >= 4 is 28.9 Å². The number of nitrogens with zero attached hydrogens (tertiary/aromatic N) is 1. The molecule has 0 spiro atoms. The third-order valence-corrected chi connectivity index (χ3v) is 3.19. The quantitative estimate of drug-likeness (QED) is 0.931. The summed E-state index contributed by atoms with van der Waals surface area (Å²) in [6.45, 7) is 0. The van der Waals surface area contributed by atoms with Crippen LogP contribution in [-0.2, 0) is 0 Å². The number of benzene rings is 2. The van der Waals surface area contributed by atoms with Crippen LogP contribution in [0.4, 0.5) is 20.2 Å². The maximum Gasteiger partial charge on any atom is 0.260 e. The molecule has 0 heterocycles. The summed E-state index contributed by atoms with van der Waals surface area (Å²) >= 11 is 5.84. The molecule has 2 aromatic carbocycles. The van der Waals surface area contributed by atoms with Gasteiger partial charge in [-0.05, 0) is 30.3 Å². The number of halogens is 3. The Balaban J connectivity index is 2.38. The normalized spacial score (nSPS) is 10.3. The summed E-state index contributed by atoms with van der Waals surface area (Å²) in [6.07, 6.45) is 0. The molecule has 3 nitrogen and oxygen atoms in total. The summed E-state index contributed by atoms with van der Waals surface area (Å²) in [5.74, 6) is -1.97. The highest BCUT2D eigenvalue weighted by atomic mass is 35.5. The predicted molar refractivity (Wildman–Crippen MR) is 80.1 cm³/mol. The van der Waals surface area contributed by atoms with Gasteiger partial charge in [-0.1, -0.05) is 17.7 Å². The molecule has 0 saturated carbocycles.